The van der Waals surface area contributed by atoms with E-state index in [9.17, 15) is 13.2 Å². The van der Waals surface area contributed by atoms with Crippen LogP contribution in [0.25, 0.3) is 0 Å². The number of Topliss-reactive ketones (excluding diaryl/α,β-unsaturated/α-hetero) is 1. The van der Waals surface area contributed by atoms with E-state index in [1.807, 2.05) is 6.07 Å². The lowest BCUT2D eigenvalue weighted by Crippen LogP contribution is -2.19. The molecule has 0 saturated carbocycles. The lowest BCUT2D eigenvalue weighted by molar-refractivity contribution is -0.0185. The van der Waals surface area contributed by atoms with Gasteiger partial charge in [-0.25, -0.2) is 0 Å². The largest absolute Gasteiger partial charge is 0.457 e. The number of carbonyl (C=O) groups is 1. The highest BCUT2D eigenvalue weighted by Gasteiger charge is 2.26. The molecule has 3 aromatic rings. The molecule has 2 N–H and O–H groups in total. The van der Waals surface area contributed by atoms with Crippen LogP contribution in [0.15, 0.2) is 99.1 Å². The number of ether oxygens (including phenoxy) is 1. The first-order valence-corrected chi connectivity index (χ1v) is 12.3. The van der Waals surface area contributed by atoms with Gasteiger partial charge < -0.3 is 14.9 Å². The van der Waals surface area contributed by atoms with Crippen LogP contribution in [0.5, 0.6) is 11.5 Å². The maximum atomic E-state index is 13.1. The smallest absolute Gasteiger partial charge is 0.283 e. The molecule has 0 aromatic heterocycles. The first-order valence-electron chi connectivity index (χ1n) is 9.86. The number of aliphatic hydroxyl groups is 2. The van der Waals surface area contributed by atoms with Crippen LogP contribution < -0.4 is 4.74 Å². The minimum absolute atomic E-state index is 0.0637. The highest BCUT2D eigenvalue weighted by molar-refractivity contribution is 8.04. The fourth-order valence-electron chi connectivity index (χ4n) is 3.16. The topological polar surface area (TPSA) is 113 Å². The van der Waals surface area contributed by atoms with Crippen LogP contribution in [-0.2, 0) is 10.0 Å². The number of aliphatic hydroxyl groups excluding tert-OH is 1. The maximum absolute atomic E-state index is 13.1. The van der Waals surface area contributed by atoms with E-state index in [1.54, 1.807) is 60.7 Å². The normalized spacial score (nSPS) is 14.8. The minimum Gasteiger partial charge on any atom is -0.457 e. The van der Waals surface area contributed by atoms with Gasteiger partial charge >= 0.3 is 0 Å². The van der Waals surface area contributed by atoms with Crippen molar-refractivity contribution in [3.63, 3.8) is 0 Å². The first-order chi connectivity index (χ1) is 15.8. The Kier molecular flexibility index (Phi) is 6.75. The average molecular weight is 482 g/mol. The summed E-state index contributed by atoms with van der Waals surface area (Å²) < 4.78 is 36.0. The van der Waals surface area contributed by atoms with Crippen LogP contribution in [-0.4, -0.2) is 42.2 Å². The summed E-state index contributed by atoms with van der Waals surface area (Å²) in [5.74, 6) is 0.434. The van der Waals surface area contributed by atoms with E-state index in [-0.39, 0.29) is 27.0 Å². The Morgan fingerprint density at radius 2 is 1.55 bits per heavy atom. The fraction of sp³-hybridized carbons (Fsp3) is 0.0833. The molecule has 0 radical (unpaired) electrons. The summed E-state index contributed by atoms with van der Waals surface area (Å²) in [6.45, 7) is 0. The van der Waals surface area contributed by atoms with Crippen LogP contribution in [0.4, 0.5) is 0 Å². The van der Waals surface area contributed by atoms with Crippen molar-refractivity contribution in [3.05, 3.63) is 101 Å². The summed E-state index contributed by atoms with van der Waals surface area (Å²) in [5, 5.41) is 18.3. The van der Waals surface area contributed by atoms with E-state index in [0.717, 1.165) is 11.8 Å². The van der Waals surface area contributed by atoms with Gasteiger partial charge in [0.1, 0.15) is 11.5 Å². The lowest BCUT2D eigenvalue weighted by atomic mass is 9.94. The van der Waals surface area contributed by atoms with Crippen LogP contribution in [0, 0.1) is 0 Å². The number of allylic oxidation sites excluding steroid dienone is 2. The number of rotatable bonds is 7. The number of sulfonamides is 1. The number of ketones is 1. The Morgan fingerprint density at radius 3 is 2.27 bits per heavy atom. The highest BCUT2D eigenvalue weighted by atomic mass is 32.2. The number of benzene rings is 3. The molecule has 0 unspecified atom stereocenters. The SMILES string of the molecule is O=C1C(SCC(O)O)=CC(=NS(=O)(=O)c2cccc(Oc3ccccc3)c2)c2ccccc21. The number of para-hydroxylation sites is 1. The third-order valence-electron chi connectivity index (χ3n) is 4.63. The standard InChI is InChI=1S/C24H19NO6S2/c26-23(27)15-32-22-14-21(19-11-4-5-12-20(19)24(22)28)25-33(29,30)18-10-6-9-17(13-18)31-16-7-2-1-3-8-16/h1-14,23,26-27H,15H2. The number of carbonyl (C=O) groups excluding carboxylic acids is 1. The van der Waals surface area contributed by atoms with Crippen molar-refractivity contribution in [1.82, 2.24) is 0 Å². The zero-order valence-corrected chi connectivity index (χ0v) is 18.8. The van der Waals surface area contributed by atoms with E-state index in [2.05, 4.69) is 4.40 Å². The van der Waals surface area contributed by atoms with Crippen LogP contribution in [0.2, 0.25) is 0 Å². The van der Waals surface area contributed by atoms with Gasteiger partial charge in [-0.1, -0.05) is 48.5 Å². The molecule has 1 aliphatic rings. The number of hydrogen-bond acceptors (Lipinski definition) is 7. The summed E-state index contributed by atoms with van der Waals surface area (Å²) in [6, 6.07) is 21.5. The van der Waals surface area contributed by atoms with Crippen molar-refractivity contribution in [2.75, 3.05) is 5.75 Å². The van der Waals surface area contributed by atoms with Crippen molar-refractivity contribution >= 4 is 33.3 Å². The van der Waals surface area contributed by atoms with Crippen molar-refractivity contribution < 1.29 is 28.2 Å². The molecule has 4 rings (SSSR count). The minimum atomic E-state index is -4.15. The summed E-state index contributed by atoms with van der Waals surface area (Å²) in [6.07, 6.45) is -0.253. The molecule has 33 heavy (non-hydrogen) atoms. The second kappa shape index (κ2) is 9.72. The Bertz CT molecular complexity index is 1350. The summed E-state index contributed by atoms with van der Waals surface area (Å²) in [5.41, 5.74) is 0.774. The highest BCUT2D eigenvalue weighted by Crippen LogP contribution is 2.30. The van der Waals surface area contributed by atoms with Gasteiger partial charge in [0, 0.05) is 22.9 Å². The molecule has 0 saturated heterocycles. The quantitative estimate of drug-likeness (QED) is 0.494. The van der Waals surface area contributed by atoms with Gasteiger partial charge in [0.05, 0.1) is 15.5 Å². The second-order valence-corrected chi connectivity index (χ2v) is 9.68. The molecule has 0 aliphatic heterocycles. The summed E-state index contributed by atoms with van der Waals surface area (Å²) >= 11 is 0.922. The number of thioether (sulfide) groups is 1. The zero-order chi connectivity index (χ0) is 23.4. The number of fused-ring (bicyclic) bond motifs is 1. The van der Waals surface area contributed by atoms with E-state index < -0.39 is 16.3 Å². The van der Waals surface area contributed by atoms with Gasteiger partial charge in [0.15, 0.2) is 12.1 Å². The van der Waals surface area contributed by atoms with Gasteiger partial charge in [-0.15, -0.1) is 11.8 Å². The maximum Gasteiger partial charge on any atom is 0.283 e. The predicted molar refractivity (Wildman–Crippen MR) is 126 cm³/mol. The van der Waals surface area contributed by atoms with Gasteiger partial charge in [-0.3, -0.25) is 4.79 Å². The third-order valence-corrected chi connectivity index (χ3v) is 6.99. The van der Waals surface area contributed by atoms with Gasteiger partial charge in [0.2, 0.25) is 0 Å². The summed E-state index contributed by atoms with van der Waals surface area (Å²) in [4.78, 5) is 12.9. The number of nitrogens with zero attached hydrogens (tertiary/aromatic N) is 1. The molecular formula is C24H19NO6S2. The molecule has 168 valence electrons. The monoisotopic (exact) mass is 481 g/mol. The van der Waals surface area contributed by atoms with Gasteiger partial charge in [0.25, 0.3) is 10.0 Å². The van der Waals surface area contributed by atoms with E-state index in [1.165, 1.54) is 18.2 Å². The molecule has 0 amide bonds. The molecule has 0 fully saturated rings. The van der Waals surface area contributed by atoms with Crippen LogP contribution in [0.3, 0.4) is 0 Å². The number of hydrogen-bond donors (Lipinski definition) is 2. The Morgan fingerprint density at radius 1 is 0.879 bits per heavy atom. The molecule has 0 atom stereocenters. The molecule has 3 aromatic carbocycles. The Balaban J connectivity index is 1.71. The van der Waals surface area contributed by atoms with Gasteiger partial charge in [-0.05, 0) is 30.3 Å². The van der Waals surface area contributed by atoms with E-state index in [0.29, 0.717) is 22.6 Å². The molecule has 9 heteroatoms. The van der Waals surface area contributed by atoms with Crippen LogP contribution in [0.1, 0.15) is 15.9 Å². The van der Waals surface area contributed by atoms with E-state index >= 15 is 0 Å². The second-order valence-electron chi connectivity index (χ2n) is 7.02. The molecular weight excluding hydrogens is 462 g/mol. The summed E-state index contributed by atoms with van der Waals surface area (Å²) in [7, 11) is -4.15. The average Bonchev–Trinajstić information content (AvgIpc) is 2.81. The Labute approximate surface area is 195 Å². The molecule has 7 nitrogen and oxygen atoms in total. The fourth-order valence-corrected chi connectivity index (χ4v) is 4.95. The zero-order valence-electron chi connectivity index (χ0n) is 17.2. The molecule has 0 bridgehead atoms. The third kappa shape index (κ3) is 5.40. The van der Waals surface area contributed by atoms with Crippen molar-refractivity contribution in [3.8, 4) is 11.5 Å². The van der Waals surface area contributed by atoms with Gasteiger partial charge in [-0.2, -0.15) is 12.8 Å². The predicted octanol–water partition coefficient (Wildman–Crippen LogP) is 3.78. The lowest BCUT2D eigenvalue weighted by Gasteiger charge is -2.17. The van der Waals surface area contributed by atoms with Crippen molar-refractivity contribution in [2.24, 2.45) is 4.40 Å². The van der Waals surface area contributed by atoms with Crippen molar-refractivity contribution in [1.29, 1.82) is 0 Å². The first kappa shape index (κ1) is 22.9. The van der Waals surface area contributed by atoms with Crippen molar-refractivity contribution in [2.45, 2.75) is 11.2 Å². The Hall–Kier alpha value is -3.24. The molecule has 0 heterocycles. The molecule has 1 aliphatic carbocycles. The molecule has 0 spiro atoms. The van der Waals surface area contributed by atoms with Crippen LogP contribution >= 0.6 is 11.8 Å². The van der Waals surface area contributed by atoms with E-state index in [4.69, 9.17) is 14.9 Å².